The molecule has 2 fully saturated rings. The quantitative estimate of drug-likeness (QED) is 0.812. The molecule has 86 valence electrons. The van der Waals surface area contributed by atoms with Crippen molar-refractivity contribution in [2.75, 3.05) is 19.6 Å². The highest BCUT2D eigenvalue weighted by Gasteiger charge is 2.33. The maximum atomic E-state index is 3.66. The van der Waals surface area contributed by atoms with Crippen LogP contribution in [-0.4, -0.2) is 30.6 Å². The fourth-order valence-corrected chi connectivity index (χ4v) is 3.11. The average molecular weight is 216 g/mol. The SMILES string of the molecule is c1ccc(CN2CC3CCCN[C@@H]3C2)cc1. The van der Waals surface area contributed by atoms with Crippen LogP contribution >= 0.6 is 0 Å². The molecule has 0 aromatic heterocycles. The molecular formula is C14H20N2. The van der Waals surface area contributed by atoms with Gasteiger partial charge in [-0.3, -0.25) is 4.90 Å². The number of rotatable bonds is 2. The van der Waals surface area contributed by atoms with E-state index in [1.54, 1.807) is 0 Å². The summed E-state index contributed by atoms with van der Waals surface area (Å²) in [6.45, 7) is 4.86. The first-order valence-electron chi connectivity index (χ1n) is 6.41. The first-order chi connectivity index (χ1) is 7.92. The summed E-state index contributed by atoms with van der Waals surface area (Å²) >= 11 is 0. The van der Waals surface area contributed by atoms with Crippen molar-refractivity contribution in [2.45, 2.75) is 25.4 Å². The molecule has 0 amide bonds. The minimum Gasteiger partial charge on any atom is -0.312 e. The van der Waals surface area contributed by atoms with E-state index in [0.29, 0.717) is 0 Å². The molecule has 3 rings (SSSR count). The summed E-state index contributed by atoms with van der Waals surface area (Å²) in [5.74, 6) is 0.900. The Bertz CT molecular complexity index is 322. The van der Waals surface area contributed by atoms with Crippen molar-refractivity contribution in [3.05, 3.63) is 35.9 Å². The molecule has 0 saturated carbocycles. The van der Waals surface area contributed by atoms with E-state index in [9.17, 15) is 0 Å². The van der Waals surface area contributed by atoms with Gasteiger partial charge in [0.15, 0.2) is 0 Å². The minimum absolute atomic E-state index is 0.762. The lowest BCUT2D eigenvalue weighted by atomic mass is 9.94. The van der Waals surface area contributed by atoms with Crippen LogP contribution in [0.2, 0.25) is 0 Å². The maximum absolute atomic E-state index is 3.66. The highest BCUT2D eigenvalue weighted by atomic mass is 15.2. The topological polar surface area (TPSA) is 15.3 Å². The second kappa shape index (κ2) is 4.56. The smallest absolute Gasteiger partial charge is 0.0235 e. The molecule has 0 spiro atoms. The zero-order valence-electron chi connectivity index (χ0n) is 9.73. The molecule has 1 unspecified atom stereocenters. The molecule has 1 N–H and O–H groups in total. The predicted molar refractivity (Wildman–Crippen MR) is 66.2 cm³/mol. The van der Waals surface area contributed by atoms with Crippen LogP contribution in [0.15, 0.2) is 30.3 Å². The number of nitrogens with zero attached hydrogens (tertiary/aromatic N) is 1. The zero-order chi connectivity index (χ0) is 10.8. The summed E-state index contributed by atoms with van der Waals surface area (Å²) < 4.78 is 0. The minimum atomic E-state index is 0.762. The lowest BCUT2D eigenvalue weighted by Crippen LogP contribution is -2.40. The first-order valence-corrected chi connectivity index (χ1v) is 6.41. The van der Waals surface area contributed by atoms with Crippen LogP contribution in [0.25, 0.3) is 0 Å². The lowest BCUT2D eigenvalue weighted by Gasteiger charge is -2.24. The highest BCUT2D eigenvalue weighted by molar-refractivity contribution is 5.15. The van der Waals surface area contributed by atoms with Crippen LogP contribution in [0.1, 0.15) is 18.4 Å². The second-order valence-electron chi connectivity index (χ2n) is 5.14. The van der Waals surface area contributed by atoms with E-state index in [1.165, 1.54) is 38.0 Å². The second-order valence-corrected chi connectivity index (χ2v) is 5.14. The van der Waals surface area contributed by atoms with E-state index in [4.69, 9.17) is 0 Å². The molecule has 1 aromatic carbocycles. The molecule has 2 heteroatoms. The van der Waals surface area contributed by atoms with Crippen molar-refractivity contribution in [2.24, 2.45) is 5.92 Å². The van der Waals surface area contributed by atoms with Crippen molar-refractivity contribution in [3.63, 3.8) is 0 Å². The van der Waals surface area contributed by atoms with Crippen LogP contribution in [0.4, 0.5) is 0 Å². The third-order valence-electron chi connectivity index (χ3n) is 3.92. The van der Waals surface area contributed by atoms with Crippen molar-refractivity contribution in [1.29, 1.82) is 0 Å². The van der Waals surface area contributed by atoms with Crippen LogP contribution in [0.3, 0.4) is 0 Å². The molecule has 16 heavy (non-hydrogen) atoms. The van der Waals surface area contributed by atoms with Gasteiger partial charge in [0, 0.05) is 25.7 Å². The van der Waals surface area contributed by atoms with E-state index in [2.05, 4.69) is 40.5 Å². The van der Waals surface area contributed by atoms with Gasteiger partial charge in [-0.05, 0) is 30.9 Å². The Hall–Kier alpha value is -0.860. The Balaban J connectivity index is 1.61. The fourth-order valence-electron chi connectivity index (χ4n) is 3.11. The van der Waals surface area contributed by atoms with Gasteiger partial charge >= 0.3 is 0 Å². The molecule has 0 bridgehead atoms. The van der Waals surface area contributed by atoms with E-state index in [-0.39, 0.29) is 0 Å². The molecular weight excluding hydrogens is 196 g/mol. The molecule has 2 saturated heterocycles. The monoisotopic (exact) mass is 216 g/mol. The fraction of sp³-hybridized carbons (Fsp3) is 0.571. The molecule has 1 aromatic rings. The van der Waals surface area contributed by atoms with Gasteiger partial charge in [-0.15, -0.1) is 0 Å². The number of hydrogen-bond donors (Lipinski definition) is 1. The van der Waals surface area contributed by atoms with Gasteiger partial charge in [0.2, 0.25) is 0 Å². The van der Waals surface area contributed by atoms with Crippen LogP contribution in [-0.2, 0) is 6.54 Å². The van der Waals surface area contributed by atoms with E-state index in [0.717, 1.165) is 18.5 Å². The van der Waals surface area contributed by atoms with Crippen molar-refractivity contribution in [3.8, 4) is 0 Å². The number of benzene rings is 1. The van der Waals surface area contributed by atoms with Gasteiger partial charge in [-0.1, -0.05) is 30.3 Å². The Morgan fingerprint density at radius 3 is 2.88 bits per heavy atom. The summed E-state index contributed by atoms with van der Waals surface area (Å²) in [6, 6.07) is 11.6. The number of piperidine rings is 1. The predicted octanol–water partition coefficient (Wildman–Crippen LogP) is 1.87. The third-order valence-corrected chi connectivity index (χ3v) is 3.92. The van der Waals surface area contributed by atoms with Gasteiger partial charge in [-0.25, -0.2) is 0 Å². The Kier molecular flexibility index (Phi) is 2.94. The van der Waals surface area contributed by atoms with Crippen LogP contribution in [0.5, 0.6) is 0 Å². The molecule has 2 atom stereocenters. The average Bonchev–Trinajstić information content (AvgIpc) is 2.72. The Morgan fingerprint density at radius 1 is 1.19 bits per heavy atom. The normalized spacial score (nSPS) is 30.2. The third kappa shape index (κ3) is 2.13. The number of fused-ring (bicyclic) bond motifs is 1. The van der Waals surface area contributed by atoms with Gasteiger partial charge in [0.1, 0.15) is 0 Å². The lowest BCUT2D eigenvalue weighted by molar-refractivity contribution is 0.312. The highest BCUT2D eigenvalue weighted by Crippen LogP contribution is 2.25. The summed E-state index contributed by atoms with van der Waals surface area (Å²) in [6.07, 6.45) is 2.78. The van der Waals surface area contributed by atoms with Crippen molar-refractivity contribution < 1.29 is 0 Å². The van der Waals surface area contributed by atoms with E-state index in [1.807, 2.05) is 0 Å². The molecule has 2 heterocycles. The van der Waals surface area contributed by atoms with Gasteiger partial charge in [0.05, 0.1) is 0 Å². The number of hydrogen-bond acceptors (Lipinski definition) is 2. The summed E-state index contributed by atoms with van der Waals surface area (Å²) in [4.78, 5) is 2.60. The summed E-state index contributed by atoms with van der Waals surface area (Å²) in [5.41, 5.74) is 1.45. The van der Waals surface area contributed by atoms with Gasteiger partial charge in [-0.2, -0.15) is 0 Å². The number of nitrogens with one attached hydrogen (secondary N) is 1. The van der Waals surface area contributed by atoms with Gasteiger partial charge < -0.3 is 5.32 Å². The molecule has 0 aliphatic carbocycles. The zero-order valence-corrected chi connectivity index (χ0v) is 9.73. The molecule has 2 nitrogen and oxygen atoms in total. The van der Waals surface area contributed by atoms with Crippen molar-refractivity contribution >= 4 is 0 Å². The molecule has 0 radical (unpaired) electrons. The summed E-state index contributed by atoms with van der Waals surface area (Å²) in [7, 11) is 0. The Morgan fingerprint density at radius 2 is 2.06 bits per heavy atom. The summed E-state index contributed by atoms with van der Waals surface area (Å²) in [5, 5.41) is 3.66. The van der Waals surface area contributed by atoms with E-state index < -0.39 is 0 Å². The maximum Gasteiger partial charge on any atom is 0.0235 e. The first kappa shape index (κ1) is 10.3. The molecule has 2 aliphatic heterocycles. The largest absolute Gasteiger partial charge is 0.312 e. The standard InChI is InChI=1S/C14H20N2/c1-2-5-12(6-3-1)9-16-10-13-7-4-8-15-14(13)11-16/h1-3,5-6,13-15H,4,7-11H2/t13?,14-/m1/s1. The van der Waals surface area contributed by atoms with E-state index >= 15 is 0 Å². The van der Waals surface area contributed by atoms with Crippen LogP contribution in [0, 0.1) is 5.92 Å². The Labute approximate surface area is 97.6 Å². The van der Waals surface area contributed by atoms with Crippen molar-refractivity contribution in [1.82, 2.24) is 10.2 Å². The van der Waals surface area contributed by atoms with Gasteiger partial charge in [0.25, 0.3) is 0 Å². The molecule has 2 aliphatic rings. The van der Waals surface area contributed by atoms with Crippen LogP contribution < -0.4 is 5.32 Å². The number of likely N-dealkylation sites (tertiary alicyclic amines) is 1.